The summed E-state index contributed by atoms with van der Waals surface area (Å²) in [7, 11) is -3.65. The van der Waals surface area contributed by atoms with E-state index in [0.29, 0.717) is 22.1 Å². The van der Waals surface area contributed by atoms with Gasteiger partial charge in [0.1, 0.15) is 0 Å². The lowest BCUT2D eigenvalue weighted by atomic mass is 10.1. The van der Waals surface area contributed by atoms with E-state index in [2.05, 4.69) is 38.9 Å². The van der Waals surface area contributed by atoms with Crippen LogP contribution in [0.3, 0.4) is 0 Å². The SMILES string of the molecule is CCN(CC)c1n[nH]c2nc(-c3ccc(CS(=O)(=O)c4cc(Cl)ccc4Cl)cc3)ncc12. The number of hydrogen-bond donors (Lipinski definition) is 1. The number of aromatic amines is 1. The zero-order valence-corrected chi connectivity index (χ0v) is 19.8. The van der Waals surface area contributed by atoms with E-state index in [1.807, 2.05) is 0 Å². The van der Waals surface area contributed by atoms with Gasteiger partial charge in [-0.25, -0.2) is 18.4 Å². The molecule has 0 aliphatic rings. The molecule has 10 heteroatoms. The van der Waals surface area contributed by atoms with Crippen molar-refractivity contribution < 1.29 is 8.42 Å². The molecule has 0 bridgehead atoms. The van der Waals surface area contributed by atoms with Crippen LogP contribution in [0.1, 0.15) is 19.4 Å². The molecule has 0 fully saturated rings. The van der Waals surface area contributed by atoms with E-state index in [1.165, 1.54) is 12.1 Å². The highest BCUT2D eigenvalue weighted by molar-refractivity contribution is 7.90. The summed E-state index contributed by atoms with van der Waals surface area (Å²) in [6.07, 6.45) is 1.76. The molecule has 2 aromatic carbocycles. The van der Waals surface area contributed by atoms with Crippen LogP contribution in [0.2, 0.25) is 10.0 Å². The van der Waals surface area contributed by atoms with E-state index in [1.54, 1.807) is 36.5 Å². The van der Waals surface area contributed by atoms with Gasteiger partial charge in [0.25, 0.3) is 0 Å². The molecule has 0 atom stereocenters. The van der Waals surface area contributed by atoms with Crippen LogP contribution in [0, 0.1) is 0 Å². The van der Waals surface area contributed by atoms with Crippen LogP contribution in [0.5, 0.6) is 0 Å². The second-order valence-corrected chi connectivity index (χ2v) is 10.0. The lowest BCUT2D eigenvalue weighted by Gasteiger charge is -2.17. The molecule has 4 aromatic rings. The Morgan fingerprint density at radius 2 is 1.75 bits per heavy atom. The first-order chi connectivity index (χ1) is 15.3. The van der Waals surface area contributed by atoms with Gasteiger partial charge in [-0.15, -0.1) is 0 Å². The first kappa shape index (κ1) is 22.5. The Hall–Kier alpha value is -2.68. The predicted molar refractivity (Wildman–Crippen MR) is 128 cm³/mol. The molecule has 32 heavy (non-hydrogen) atoms. The number of hydrogen-bond acceptors (Lipinski definition) is 6. The fraction of sp³-hybridized carbons (Fsp3) is 0.227. The van der Waals surface area contributed by atoms with Crippen LogP contribution in [0.15, 0.2) is 53.6 Å². The van der Waals surface area contributed by atoms with Crippen LogP contribution in [0.4, 0.5) is 5.82 Å². The molecule has 4 rings (SSSR count). The number of nitrogens with zero attached hydrogens (tertiary/aromatic N) is 4. The highest BCUT2D eigenvalue weighted by Gasteiger charge is 2.20. The summed E-state index contributed by atoms with van der Waals surface area (Å²) in [5, 5.41) is 8.68. The van der Waals surface area contributed by atoms with E-state index in [9.17, 15) is 8.42 Å². The van der Waals surface area contributed by atoms with Crippen LogP contribution >= 0.6 is 23.2 Å². The average Bonchev–Trinajstić information content (AvgIpc) is 3.20. The summed E-state index contributed by atoms with van der Waals surface area (Å²) in [6.45, 7) is 5.81. The standard InChI is InChI=1S/C22H21Cl2N5O2S/c1-3-29(4-2)22-17-12-25-20(26-21(17)27-28-22)15-7-5-14(6-8-15)13-32(30,31)19-11-16(23)9-10-18(19)24/h5-12H,3-4,13H2,1-2H3,(H,25,26,27,28). The quantitative estimate of drug-likeness (QED) is 0.386. The molecule has 0 radical (unpaired) electrons. The summed E-state index contributed by atoms with van der Waals surface area (Å²) in [5.74, 6) is 1.16. The average molecular weight is 490 g/mol. The van der Waals surface area contributed by atoms with Gasteiger partial charge < -0.3 is 4.90 Å². The van der Waals surface area contributed by atoms with Crippen molar-refractivity contribution >= 4 is 49.9 Å². The molecule has 0 amide bonds. The summed E-state index contributed by atoms with van der Waals surface area (Å²) < 4.78 is 25.6. The van der Waals surface area contributed by atoms with Crippen molar-refractivity contribution in [1.29, 1.82) is 0 Å². The van der Waals surface area contributed by atoms with Crippen molar-refractivity contribution in [3.63, 3.8) is 0 Å². The fourth-order valence-corrected chi connectivity index (χ4v) is 5.63. The Morgan fingerprint density at radius 1 is 1.03 bits per heavy atom. The molecule has 0 saturated carbocycles. The number of aromatic nitrogens is 4. The highest BCUT2D eigenvalue weighted by Crippen LogP contribution is 2.29. The van der Waals surface area contributed by atoms with Gasteiger partial charge in [0, 0.05) is 29.9 Å². The van der Waals surface area contributed by atoms with Gasteiger partial charge in [-0.3, -0.25) is 5.10 Å². The monoisotopic (exact) mass is 489 g/mol. The smallest absolute Gasteiger partial charge is 0.184 e. The highest BCUT2D eigenvalue weighted by atomic mass is 35.5. The molecule has 0 saturated heterocycles. The number of H-pyrrole nitrogens is 1. The number of benzene rings is 2. The maximum atomic E-state index is 12.8. The Labute approximate surface area is 196 Å². The maximum absolute atomic E-state index is 12.8. The maximum Gasteiger partial charge on any atom is 0.184 e. The Morgan fingerprint density at radius 3 is 2.44 bits per heavy atom. The van der Waals surface area contributed by atoms with Crippen molar-refractivity contribution in [2.45, 2.75) is 24.5 Å². The molecule has 7 nitrogen and oxygen atoms in total. The van der Waals surface area contributed by atoms with E-state index < -0.39 is 9.84 Å². The molecule has 2 aromatic heterocycles. The van der Waals surface area contributed by atoms with Gasteiger partial charge in [-0.05, 0) is 37.6 Å². The van der Waals surface area contributed by atoms with Gasteiger partial charge in [0.2, 0.25) is 0 Å². The molecule has 0 unspecified atom stereocenters. The molecular formula is C22H21Cl2N5O2S. The summed E-state index contributed by atoms with van der Waals surface area (Å²) in [4.78, 5) is 11.2. The molecule has 166 valence electrons. The van der Waals surface area contributed by atoms with Crippen LogP contribution in [0.25, 0.3) is 22.4 Å². The number of halogens is 2. The molecular weight excluding hydrogens is 469 g/mol. The Bertz CT molecular complexity index is 1370. The predicted octanol–water partition coefficient (Wildman–Crippen LogP) is 5.15. The molecule has 0 aliphatic heterocycles. The van der Waals surface area contributed by atoms with Crippen LogP contribution < -0.4 is 4.90 Å². The third-order valence-electron chi connectivity index (χ3n) is 5.16. The fourth-order valence-electron chi connectivity index (χ4n) is 3.46. The first-order valence-corrected chi connectivity index (χ1v) is 12.5. The van der Waals surface area contributed by atoms with Crippen molar-refractivity contribution in [2.75, 3.05) is 18.0 Å². The van der Waals surface area contributed by atoms with Crippen molar-refractivity contribution in [2.24, 2.45) is 0 Å². The van der Waals surface area contributed by atoms with Crippen molar-refractivity contribution in [3.05, 3.63) is 64.3 Å². The largest absolute Gasteiger partial charge is 0.355 e. The van der Waals surface area contributed by atoms with E-state index in [0.717, 1.165) is 29.9 Å². The van der Waals surface area contributed by atoms with E-state index in [4.69, 9.17) is 23.2 Å². The molecule has 1 N–H and O–H groups in total. The minimum atomic E-state index is -3.65. The van der Waals surface area contributed by atoms with Gasteiger partial charge in [0.05, 0.1) is 21.1 Å². The van der Waals surface area contributed by atoms with E-state index >= 15 is 0 Å². The van der Waals surface area contributed by atoms with Gasteiger partial charge in [0.15, 0.2) is 27.1 Å². The van der Waals surface area contributed by atoms with Crippen LogP contribution in [-0.2, 0) is 15.6 Å². The Kier molecular flexibility index (Phi) is 6.37. The van der Waals surface area contributed by atoms with Crippen molar-refractivity contribution in [1.82, 2.24) is 20.2 Å². The van der Waals surface area contributed by atoms with Gasteiger partial charge in [-0.2, -0.15) is 5.10 Å². The third-order valence-corrected chi connectivity index (χ3v) is 7.56. The zero-order chi connectivity index (χ0) is 22.9. The Balaban J connectivity index is 1.58. The lowest BCUT2D eigenvalue weighted by molar-refractivity contribution is 0.595. The number of anilines is 1. The van der Waals surface area contributed by atoms with E-state index in [-0.39, 0.29) is 15.7 Å². The zero-order valence-electron chi connectivity index (χ0n) is 17.5. The first-order valence-electron chi connectivity index (χ1n) is 10.1. The second kappa shape index (κ2) is 9.05. The third kappa shape index (κ3) is 4.44. The molecule has 2 heterocycles. The number of fused-ring (bicyclic) bond motifs is 1. The van der Waals surface area contributed by atoms with Gasteiger partial charge in [-0.1, -0.05) is 47.5 Å². The molecule has 0 spiro atoms. The second-order valence-electron chi connectivity index (χ2n) is 7.21. The minimum Gasteiger partial charge on any atom is -0.355 e. The lowest BCUT2D eigenvalue weighted by Crippen LogP contribution is -2.22. The molecule has 0 aliphatic carbocycles. The van der Waals surface area contributed by atoms with Gasteiger partial charge >= 0.3 is 0 Å². The topological polar surface area (TPSA) is 91.8 Å². The number of sulfone groups is 1. The normalized spacial score (nSPS) is 11.8. The minimum absolute atomic E-state index is 0.0211. The van der Waals surface area contributed by atoms with Crippen LogP contribution in [-0.4, -0.2) is 41.7 Å². The summed E-state index contributed by atoms with van der Waals surface area (Å²) >= 11 is 12.0. The van der Waals surface area contributed by atoms with Crippen molar-refractivity contribution in [3.8, 4) is 11.4 Å². The summed E-state index contributed by atoms with van der Waals surface area (Å²) in [6, 6.07) is 11.5. The number of rotatable bonds is 7. The number of nitrogens with one attached hydrogen (secondary N) is 1. The summed E-state index contributed by atoms with van der Waals surface area (Å²) in [5.41, 5.74) is 2.04.